The van der Waals surface area contributed by atoms with Gasteiger partial charge in [0.2, 0.25) is 5.91 Å². The second-order valence-electron chi connectivity index (χ2n) is 7.52. The van der Waals surface area contributed by atoms with Crippen molar-refractivity contribution in [2.75, 3.05) is 19.8 Å². The zero-order valence-electron chi connectivity index (χ0n) is 18.0. The van der Waals surface area contributed by atoms with Crippen molar-refractivity contribution >= 4 is 11.6 Å². The zero-order valence-corrected chi connectivity index (χ0v) is 18.0. The van der Waals surface area contributed by atoms with Crippen molar-refractivity contribution in [3.8, 4) is 17.6 Å². The molecule has 0 saturated carbocycles. The number of benzene rings is 1. The smallest absolute Gasteiger partial charge is 0.223 e. The predicted octanol–water partition coefficient (Wildman–Crippen LogP) is 2.97. The monoisotopic (exact) mass is 419 g/mol. The summed E-state index contributed by atoms with van der Waals surface area (Å²) in [6.07, 6.45) is 2.44. The average molecular weight is 419 g/mol. The molecule has 1 aromatic carbocycles. The molecular weight excluding hydrogens is 394 g/mol. The molecule has 3 aromatic rings. The molecule has 8 heteroatoms. The van der Waals surface area contributed by atoms with Gasteiger partial charge in [-0.05, 0) is 38.8 Å². The topological polar surface area (TPSA) is 92.8 Å². The summed E-state index contributed by atoms with van der Waals surface area (Å²) in [5.41, 5.74) is 4.66. The Morgan fingerprint density at radius 1 is 1.29 bits per heavy atom. The standard InChI is InChI=1S/C23H25N5O3/c1-4-27(14-17-6-5-7-20-22(17)31-11-10-30-20)21(29)9-8-19-15(2)26-23-18(12-24)13-25-28(23)16(19)3/h5-7,13H,4,8-11,14H2,1-3H3. The Morgan fingerprint density at radius 3 is 2.87 bits per heavy atom. The molecule has 1 aliphatic heterocycles. The number of aromatic nitrogens is 3. The van der Waals surface area contributed by atoms with Crippen LogP contribution in [0.1, 0.15) is 41.4 Å². The van der Waals surface area contributed by atoms with E-state index in [9.17, 15) is 10.1 Å². The first kappa shape index (κ1) is 20.7. The largest absolute Gasteiger partial charge is 0.486 e. The van der Waals surface area contributed by atoms with E-state index in [-0.39, 0.29) is 5.91 Å². The van der Waals surface area contributed by atoms with Gasteiger partial charge in [0.15, 0.2) is 17.1 Å². The van der Waals surface area contributed by atoms with Gasteiger partial charge in [-0.2, -0.15) is 10.4 Å². The van der Waals surface area contributed by atoms with Crippen LogP contribution in [0, 0.1) is 25.2 Å². The fraction of sp³-hybridized carbons (Fsp3) is 0.391. The SMILES string of the molecule is CCN(Cc1cccc2c1OCCO2)C(=O)CCc1c(C)nc2c(C#N)cnn2c1C. The van der Waals surface area contributed by atoms with Crippen LogP contribution in [-0.4, -0.2) is 45.2 Å². The molecule has 1 amide bonds. The molecule has 0 fully saturated rings. The number of nitriles is 1. The van der Waals surface area contributed by atoms with E-state index in [0.29, 0.717) is 50.4 Å². The van der Waals surface area contributed by atoms with Crippen molar-refractivity contribution in [3.05, 3.63) is 52.5 Å². The normalized spacial score (nSPS) is 12.6. The number of hydrogen-bond acceptors (Lipinski definition) is 6. The maximum absolute atomic E-state index is 13.0. The van der Waals surface area contributed by atoms with E-state index in [0.717, 1.165) is 34.0 Å². The Kier molecular flexibility index (Phi) is 5.76. The molecule has 160 valence electrons. The Morgan fingerprint density at radius 2 is 2.10 bits per heavy atom. The molecule has 31 heavy (non-hydrogen) atoms. The molecule has 8 nitrogen and oxygen atoms in total. The van der Waals surface area contributed by atoms with Crippen molar-refractivity contribution in [1.29, 1.82) is 5.26 Å². The molecular formula is C23H25N5O3. The molecule has 4 rings (SSSR count). The van der Waals surface area contributed by atoms with Crippen molar-refractivity contribution in [2.24, 2.45) is 0 Å². The number of hydrogen-bond donors (Lipinski definition) is 0. The Bertz CT molecular complexity index is 1180. The summed E-state index contributed by atoms with van der Waals surface area (Å²) >= 11 is 0. The zero-order chi connectivity index (χ0) is 22.0. The maximum Gasteiger partial charge on any atom is 0.223 e. The second-order valence-corrected chi connectivity index (χ2v) is 7.52. The Balaban J connectivity index is 1.50. The lowest BCUT2D eigenvalue weighted by Gasteiger charge is -2.25. The number of amides is 1. The fourth-order valence-electron chi connectivity index (χ4n) is 3.98. The number of carbonyl (C=O) groups is 1. The van der Waals surface area contributed by atoms with Gasteiger partial charge in [0, 0.05) is 36.5 Å². The summed E-state index contributed by atoms with van der Waals surface area (Å²) in [5, 5.41) is 13.5. The number of carbonyl (C=O) groups excluding carboxylic acids is 1. The van der Waals surface area contributed by atoms with Gasteiger partial charge in [0.25, 0.3) is 0 Å². The lowest BCUT2D eigenvalue weighted by atomic mass is 10.1. The minimum Gasteiger partial charge on any atom is -0.486 e. The van der Waals surface area contributed by atoms with E-state index < -0.39 is 0 Å². The van der Waals surface area contributed by atoms with E-state index in [1.165, 1.54) is 6.20 Å². The van der Waals surface area contributed by atoms with Crippen LogP contribution in [0.15, 0.2) is 24.4 Å². The van der Waals surface area contributed by atoms with Crippen LogP contribution in [0.3, 0.4) is 0 Å². The summed E-state index contributed by atoms with van der Waals surface area (Å²) in [5.74, 6) is 1.52. The summed E-state index contributed by atoms with van der Waals surface area (Å²) in [7, 11) is 0. The third kappa shape index (κ3) is 3.91. The molecule has 0 atom stereocenters. The number of ether oxygens (including phenoxy) is 2. The van der Waals surface area contributed by atoms with E-state index >= 15 is 0 Å². The highest BCUT2D eigenvalue weighted by Crippen LogP contribution is 2.34. The predicted molar refractivity (Wildman–Crippen MR) is 114 cm³/mol. The van der Waals surface area contributed by atoms with Crippen LogP contribution >= 0.6 is 0 Å². The first-order chi connectivity index (χ1) is 15.0. The second kappa shape index (κ2) is 8.64. The quantitative estimate of drug-likeness (QED) is 0.610. The van der Waals surface area contributed by atoms with Crippen LogP contribution in [0.5, 0.6) is 11.5 Å². The van der Waals surface area contributed by atoms with Gasteiger partial charge in [0.05, 0.1) is 6.20 Å². The van der Waals surface area contributed by atoms with Gasteiger partial charge in [-0.15, -0.1) is 0 Å². The third-order valence-corrected chi connectivity index (χ3v) is 5.66. The summed E-state index contributed by atoms with van der Waals surface area (Å²) in [4.78, 5) is 19.4. The number of fused-ring (bicyclic) bond motifs is 2. The molecule has 0 bridgehead atoms. The maximum atomic E-state index is 13.0. The summed E-state index contributed by atoms with van der Waals surface area (Å²) in [6.45, 7) is 7.95. The van der Waals surface area contributed by atoms with E-state index in [1.54, 1.807) is 4.52 Å². The van der Waals surface area contributed by atoms with Crippen LogP contribution in [0.4, 0.5) is 0 Å². The molecule has 0 radical (unpaired) electrons. The van der Waals surface area contributed by atoms with Crippen LogP contribution in [0.25, 0.3) is 5.65 Å². The van der Waals surface area contributed by atoms with Gasteiger partial charge in [0.1, 0.15) is 24.8 Å². The minimum absolute atomic E-state index is 0.0638. The van der Waals surface area contributed by atoms with Gasteiger partial charge in [-0.1, -0.05) is 12.1 Å². The van der Waals surface area contributed by atoms with Gasteiger partial charge in [-0.3, -0.25) is 4.79 Å². The van der Waals surface area contributed by atoms with E-state index in [1.807, 2.05) is 43.9 Å². The van der Waals surface area contributed by atoms with Crippen molar-refractivity contribution in [3.63, 3.8) is 0 Å². The first-order valence-electron chi connectivity index (χ1n) is 10.4. The van der Waals surface area contributed by atoms with E-state index in [4.69, 9.17) is 9.47 Å². The van der Waals surface area contributed by atoms with Gasteiger partial charge < -0.3 is 14.4 Å². The van der Waals surface area contributed by atoms with Gasteiger partial charge in [-0.25, -0.2) is 9.50 Å². The molecule has 1 aliphatic rings. The molecule has 0 unspecified atom stereocenters. The molecule has 0 N–H and O–H groups in total. The average Bonchev–Trinajstić information content (AvgIpc) is 3.20. The van der Waals surface area contributed by atoms with Crippen LogP contribution < -0.4 is 9.47 Å². The molecule has 2 aromatic heterocycles. The lowest BCUT2D eigenvalue weighted by Crippen LogP contribution is -2.31. The van der Waals surface area contributed by atoms with Crippen LogP contribution in [0.2, 0.25) is 0 Å². The number of para-hydroxylation sites is 1. The van der Waals surface area contributed by atoms with Crippen molar-refractivity contribution in [2.45, 2.75) is 40.2 Å². The number of aryl methyl sites for hydroxylation is 2. The van der Waals surface area contributed by atoms with E-state index in [2.05, 4.69) is 16.2 Å². The highest BCUT2D eigenvalue weighted by atomic mass is 16.6. The fourth-order valence-corrected chi connectivity index (χ4v) is 3.98. The lowest BCUT2D eigenvalue weighted by molar-refractivity contribution is -0.131. The molecule has 0 saturated heterocycles. The van der Waals surface area contributed by atoms with Crippen LogP contribution in [-0.2, 0) is 17.8 Å². The van der Waals surface area contributed by atoms with Gasteiger partial charge >= 0.3 is 0 Å². The number of nitrogens with zero attached hydrogens (tertiary/aromatic N) is 5. The minimum atomic E-state index is 0.0638. The Hall–Kier alpha value is -3.60. The van der Waals surface area contributed by atoms with Crippen molar-refractivity contribution < 1.29 is 14.3 Å². The molecule has 3 heterocycles. The highest BCUT2D eigenvalue weighted by Gasteiger charge is 2.21. The molecule has 0 aliphatic carbocycles. The molecule has 0 spiro atoms. The highest BCUT2D eigenvalue weighted by molar-refractivity contribution is 5.76. The Labute approximate surface area is 181 Å². The third-order valence-electron chi connectivity index (χ3n) is 5.66. The summed E-state index contributed by atoms with van der Waals surface area (Å²) in [6, 6.07) is 7.90. The number of rotatable bonds is 6. The van der Waals surface area contributed by atoms with Crippen molar-refractivity contribution in [1.82, 2.24) is 19.5 Å². The first-order valence-corrected chi connectivity index (χ1v) is 10.4. The summed E-state index contributed by atoms with van der Waals surface area (Å²) < 4.78 is 13.1.